The van der Waals surface area contributed by atoms with Gasteiger partial charge in [0.1, 0.15) is 5.54 Å². The molecule has 2 heterocycles. The highest BCUT2D eigenvalue weighted by atomic mass is 16.4. The van der Waals surface area contributed by atoms with Crippen LogP contribution in [0, 0.1) is 0 Å². The van der Waals surface area contributed by atoms with Gasteiger partial charge in [0.15, 0.2) is 0 Å². The summed E-state index contributed by atoms with van der Waals surface area (Å²) in [5, 5.41) is 12.6. The second-order valence-corrected chi connectivity index (χ2v) is 5.21. The SMILES string of the molecule is CC1(C(=O)O)CCCN1C(=O)N1CCCNCC1. The van der Waals surface area contributed by atoms with Crippen LogP contribution in [0.15, 0.2) is 0 Å². The van der Waals surface area contributed by atoms with Crippen molar-refractivity contribution in [2.45, 2.75) is 31.7 Å². The van der Waals surface area contributed by atoms with Crippen molar-refractivity contribution in [1.29, 1.82) is 0 Å². The maximum atomic E-state index is 12.4. The first kappa shape index (κ1) is 13.1. The number of carboxylic acids is 1. The molecule has 0 saturated carbocycles. The molecule has 0 aromatic carbocycles. The minimum atomic E-state index is -1.03. The molecule has 0 aromatic rings. The fourth-order valence-corrected chi connectivity index (χ4v) is 2.70. The Morgan fingerprint density at radius 2 is 1.94 bits per heavy atom. The van der Waals surface area contributed by atoms with Crippen molar-refractivity contribution in [3.63, 3.8) is 0 Å². The normalized spacial score (nSPS) is 29.2. The molecule has 18 heavy (non-hydrogen) atoms. The molecule has 1 unspecified atom stereocenters. The first-order valence-electron chi connectivity index (χ1n) is 6.56. The van der Waals surface area contributed by atoms with Crippen molar-refractivity contribution in [3.8, 4) is 0 Å². The van der Waals surface area contributed by atoms with E-state index in [1.54, 1.807) is 11.8 Å². The van der Waals surface area contributed by atoms with Gasteiger partial charge in [-0.1, -0.05) is 0 Å². The first-order chi connectivity index (χ1) is 8.55. The van der Waals surface area contributed by atoms with Crippen molar-refractivity contribution in [2.75, 3.05) is 32.7 Å². The Morgan fingerprint density at radius 1 is 1.17 bits per heavy atom. The molecule has 0 spiro atoms. The Morgan fingerprint density at radius 3 is 2.67 bits per heavy atom. The molecule has 0 aromatic heterocycles. The summed E-state index contributed by atoms with van der Waals surface area (Å²) < 4.78 is 0. The van der Waals surface area contributed by atoms with Crippen LogP contribution >= 0.6 is 0 Å². The zero-order valence-electron chi connectivity index (χ0n) is 10.8. The number of amides is 2. The summed E-state index contributed by atoms with van der Waals surface area (Å²) in [6.07, 6.45) is 2.23. The van der Waals surface area contributed by atoms with E-state index in [0.29, 0.717) is 26.1 Å². The lowest BCUT2D eigenvalue weighted by Gasteiger charge is -2.35. The highest BCUT2D eigenvalue weighted by molar-refractivity contribution is 5.86. The molecule has 2 amide bonds. The number of aliphatic carboxylic acids is 1. The number of rotatable bonds is 1. The number of carbonyl (C=O) groups excluding carboxylic acids is 1. The van der Waals surface area contributed by atoms with Crippen LogP contribution in [-0.4, -0.2) is 65.2 Å². The number of nitrogens with zero attached hydrogens (tertiary/aromatic N) is 2. The molecule has 2 aliphatic heterocycles. The summed E-state index contributed by atoms with van der Waals surface area (Å²) >= 11 is 0. The lowest BCUT2D eigenvalue weighted by Crippen LogP contribution is -2.55. The maximum Gasteiger partial charge on any atom is 0.329 e. The molecule has 2 aliphatic rings. The number of hydrogen-bond acceptors (Lipinski definition) is 3. The Balaban J connectivity index is 2.09. The molecule has 0 radical (unpaired) electrons. The predicted octanol–water partition coefficient (Wildman–Crippen LogP) is 0.341. The molecule has 2 fully saturated rings. The van der Waals surface area contributed by atoms with Gasteiger partial charge in [-0.3, -0.25) is 0 Å². The lowest BCUT2D eigenvalue weighted by atomic mass is 10.00. The second-order valence-electron chi connectivity index (χ2n) is 5.21. The molecule has 1 atom stereocenters. The van der Waals surface area contributed by atoms with Crippen molar-refractivity contribution in [1.82, 2.24) is 15.1 Å². The van der Waals surface area contributed by atoms with Gasteiger partial charge < -0.3 is 20.2 Å². The second kappa shape index (κ2) is 5.14. The Kier molecular flexibility index (Phi) is 3.75. The van der Waals surface area contributed by atoms with Gasteiger partial charge in [-0.25, -0.2) is 9.59 Å². The topological polar surface area (TPSA) is 72.9 Å². The Labute approximate surface area is 107 Å². The van der Waals surface area contributed by atoms with Crippen LogP contribution < -0.4 is 5.32 Å². The van der Waals surface area contributed by atoms with E-state index < -0.39 is 11.5 Å². The number of likely N-dealkylation sites (tertiary alicyclic amines) is 1. The summed E-state index contributed by atoms with van der Waals surface area (Å²) in [5.41, 5.74) is -1.03. The largest absolute Gasteiger partial charge is 0.480 e. The van der Waals surface area contributed by atoms with Gasteiger partial charge in [0.05, 0.1) is 0 Å². The summed E-state index contributed by atoms with van der Waals surface area (Å²) in [7, 11) is 0. The number of hydrogen-bond donors (Lipinski definition) is 2. The molecule has 2 N–H and O–H groups in total. The Bertz CT molecular complexity index is 339. The molecular weight excluding hydrogens is 234 g/mol. The van der Waals surface area contributed by atoms with Gasteiger partial charge in [-0.2, -0.15) is 0 Å². The van der Waals surface area contributed by atoms with Crippen LogP contribution in [0.2, 0.25) is 0 Å². The van der Waals surface area contributed by atoms with Gasteiger partial charge in [-0.15, -0.1) is 0 Å². The molecule has 0 aliphatic carbocycles. The highest BCUT2D eigenvalue weighted by Crippen LogP contribution is 2.30. The molecular formula is C12H21N3O3. The van der Waals surface area contributed by atoms with Gasteiger partial charge in [0, 0.05) is 26.2 Å². The van der Waals surface area contributed by atoms with E-state index in [2.05, 4.69) is 5.32 Å². The van der Waals surface area contributed by atoms with Gasteiger partial charge in [0.25, 0.3) is 0 Å². The minimum Gasteiger partial charge on any atom is -0.480 e. The van der Waals surface area contributed by atoms with E-state index in [4.69, 9.17) is 0 Å². The molecule has 2 saturated heterocycles. The van der Waals surface area contributed by atoms with Crippen LogP contribution in [0.4, 0.5) is 4.79 Å². The lowest BCUT2D eigenvalue weighted by molar-refractivity contribution is -0.147. The van der Waals surface area contributed by atoms with Gasteiger partial charge in [0.2, 0.25) is 0 Å². The van der Waals surface area contributed by atoms with Crippen LogP contribution in [-0.2, 0) is 4.79 Å². The molecule has 2 rings (SSSR count). The minimum absolute atomic E-state index is 0.124. The first-order valence-corrected chi connectivity index (χ1v) is 6.56. The predicted molar refractivity (Wildman–Crippen MR) is 66.4 cm³/mol. The molecule has 102 valence electrons. The van der Waals surface area contributed by atoms with Crippen LogP contribution in [0.1, 0.15) is 26.2 Å². The zero-order chi connectivity index (χ0) is 13.2. The average Bonchev–Trinajstić information content (AvgIpc) is 2.58. The third kappa shape index (κ3) is 2.29. The maximum absolute atomic E-state index is 12.4. The fraction of sp³-hybridized carbons (Fsp3) is 0.833. The van der Waals surface area contributed by atoms with Crippen molar-refractivity contribution >= 4 is 12.0 Å². The van der Waals surface area contributed by atoms with E-state index in [0.717, 1.165) is 25.9 Å². The Hall–Kier alpha value is -1.30. The fourth-order valence-electron chi connectivity index (χ4n) is 2.70. The third-order valence-corrected chi connectivity index (χ3v) is 3.94. The van der Waals surface area contributed by atoms with E-state index in [1.807, 2.05) is 0 Å². The standard InChI is InChI=1S/C12H21N3O3/c1-12(10(16)17)4-2-8-15(12)11(18)14-7-3-5-13-6-9-14/h13H,2-9H2,1H3,(H,16,17). The summed E-state index contributed by atoms with van der Waals surface area (Å²) in [6, 6.07) is -0.124. The summed E-state index contributed by atoms with van der Waals surface area (Å²) in [4.78, 5) is 27.1. The van der Waals surface area contributed by atoms with E-state index in [9.17, 15) is 14.7 Å². The van der Waals surface area contributed by atoms with Crippen LogP contribution in [0.25, 0.3) is 0 Å². The van der Waals surface area contributed by atoms with Gasteiger partial charge >= 0.3 is 12.0 Å². The van der Waals surface area contributed by atoms with Crippen molar-refractivity contribution < 1.29 is 14.7 Å². The zero-order valence-corrected chi connectivity index (χ0v) is 10.8. The van der Waals surface area contributed by atoms with Crippen LogP contribution in [0.5, 0.6) is 0 Å². The monoisotopic (exact) mass is 255 g/mol. The number of nitrogens with one attached hydrogen (secondary N) is 1. The quantitative estimate of drug-likeness (QED) is 0.708. The average molecular weight is 255 g/mol. The smallest absolute Gasteiger partial charge is 0.329 e. The molecule has 6 heteroatoms. The molecule has 6 nitrogen and oxygen atoms in total. The van der Waals surface area contributed by atoms with Gasteiger partial charge in [-0.05, 0) is 32.7 Å². The van der Waals surface area contributed by atoms with Crippen molar-refractivity contribution in [2.24, 2.45) is 0 Å². The van der Waals surface area contributed by atoms with Crippen molar-refractivity contribution in [3.05, 3.63) is 0 Å². The summed E-state index contributed by atoms with van der Waals surface area (Å²) in [5.74, 6) is -0.902. The van der Waals surface area contributed by atoms with E-state index in [1.165, 1.54) is 4.90 Å². The molecule has 0 bridgehead atoms. The van der Waals surface area contributed by atoms with E-state index >= 15 is 0 Å². The van der Waals surface area contributed by atoms with Crippen LogP contribution in [0.3, 0.4) is 0 Å². The third-order valence-electron chi connectivity index (χ3n) is 3.94. The highest BCUT2D eigenvalue weighted by Gasteiger charge is 2.47. The number of carboxylic acid groups (broad SMARTS) is 1. The summed E-state index contributed by atoms with van der Waals surface area (Å²) in [6.45, 7) is 5.26. The van der Waals surface area contributed by atoms with E-state index in [-0.39, 0.29) is 6.03 Å². The number of carbonyl (C=O) groups is 2. The number of urea groups is 1.